The second-order valence-electron chi connectivity index (χ2n) is 6.31. The highest BCUT2D eigenvalue weighted by molar-refractivity contribution is 5.98. The van der Waals surface area contributed by atoms with Gasteiger partial charge in [0.1, 0.15) is 11.6 Å². The van der Waals surface area contributed by atoms with E-state index in [1.807, 2.05) is 0 Å². The monoisotopic (exact) mass is 393 g/mol. The van der Waals surface area contributed by atoms with E-state index in [2.05, 4.69) is 20.9 Å². The van der Waals surface area contributed by atoms with Crippen LogP contribution in [0.4, 0.5) is 27.3 Å². The molecule has 0 aliphatic rings. The second-order valence-corrected chi connectivity index (χ2v) is 6.31. The third-order valence-corrected chi connectivity index (χ3v) is 4.05. The molecular formula is C21H20FN5O2. The number of halogens is 1. The molecule has 0 unspecified atom stereocenters. The molecule has 5 N–H and O–H groups in total. The summed E-state index contributed by atoms with van der Waals surface area (Å²) in [4.78, 5) is 27.1. The first-order valence-corrected chi connectivity index (χ1v) is 8.84. The van der Waals surface area contributed by atoms with Crippen molar-refractivity contribution in [3.63, 3.8) is 0 Å². The number of primary amides is 1. The van der Waals surface area contributed by atoms with Crippen LogP contribution in [0.2, 0.25) is 0 Å². The molecule has 0 fully saturated rings. The number of hydrogen-bond donors (Lipinski definition) is 4. The minimum Gasteiger partial charge on any atom is -0.380 e. The number of nitrogens with zero attached hydrogens (tertiary/aromatic N) is 1. The summed E-state index contributed by atoms with van der Waals surface area (Å²) in [6.45, 7) is 1.60. The van der Waals surface area contributed by atoms with Crippen LogP contribution in [0.3, 0.4) is 0 Å². The quantitative estimate of drug-likeness (QED) is 0.490. The summed E-state index contributed by atoms with van der Waals surface area (Å²) in [6, 6.07) is 15.1. The number of hydrogen-bond acceptors (Lipinski definition) is 5. The molecule has 7 nitrogen and oxygen atoms in total. The van der Waals surface area contributed by atoms with E-state index < -0.39 is 5.91 Å². The number of carbonyl (C=O) groups is 2. The molecule has 1 aromatic heterocycles. The number of nitrogens with one attached hydrogen (secondary N) is 3. The van der Waals surface area contributed by atoms with Crippen LogP contribution in [0, 0.1) is 5.82 Å². The van der Waals surface area contributed by atoms with Gasteiger partial charge in [-0.15, -0.1) is 0 Å². The summed E-state index contributed by atoms with van der Waals surface area (Å²) < 4.78 is 13.9. The molecule has 0 radical (unpaired) electrons. The maximum absolute atomic E-state index is 13.9. The minimum atomic E-state index is -0.646. The lowest BCUT2D eigenvalue weighted by atomic mass is 10.1. The van der Waals surface area contributed by atoms with Gasteiger partial charge in [0.15, 0.2) is 0 Å². The van der Waals surface area contributed by atoms with Crippen LogP contribution in [0.5, 0.6) is 0 Å². The summed E-state index contributed by atoms with van der Waals surface area (Å²) in [5.41, 5.74) is 7.83. The van der Waals surface area contributed by atoms with Crippen LogP contribution in [0.15, 0.2) is 60.8 Å². The van der Waals surface area contributed by atoms with Crippen molar-refractivity contribution in [3.8, 4) is 0 Å². The average molecular weight is 393 g/mol. The molecule has 2 aromatic carbocycles. The van der Waals surface area contributed by atoms with Crippen molar-refractivity contribution in [2.45, 2.75) is 13.5 Å². The Kier molecular flexibility index (Phi) is 6.03. The van der Waals surface area contributed by atoms with E-state index in [9.17, 15) is 14.0 Å². The zero-order valence-corrected chi connectivity index (χ0v) is 15.7. The lowest BCUT2D eigenvalue weighted by molar-refractivity contribution is -0.114. The summed E-state index contributed by atoms with van der Waals surface area (Å²) in [7, 11) is 0. The number of nitrogens with two attached hydrogens (primary N) is 1. The van der Waals surface area contributed by atoms with E-state index in [1.165, 1.54) is 19.2 Å². The van der Waals surface area contributed by atoms with Crippen molar-refractivity contribution in [3.05, 3.63) is 77.7 Å². The van der Waals surface area contributed by atoms with Crippen LogP contribution in [0.1, 0.15) is 22.8 Å². The zero-order valence-electron chi connectivity index (χ0n) is 15.7. The van der Waals surface area contributed by atoms with Crippen LogP contribution in [-0.2, 0) is 11.3 Å². The molecule has 3 aromatic rings. The predicted octanol–water partition coefficient (Wildman–Crippen LogP) is 3.63. The molecule has 1 heterocycles. The first kappa shape index (κ1) is 19.8. The molecular weight excluding hydrogens is 373 g/mol. The van der Waals surface area contributed by atoms with Gasteiger partial charge in [-0.05, 0) is 24.3 Å². The van der Waals surface area contributed by atoms with Crippen molar-refractivity contribution in [1.29, 1.82) is 0 Å². The largest absolute Gasteiger partial charge is 0.380 e. The summed E-state index contributed by atoms with van der Waals surface area (Å²) in [6.07, 6.45) is 1.35. The van der Waals surface area contributed by atoms with Crippen LogP contribution in [-0.4, -0.2) is 16.8 Å². The van der Waals surface area contributed by atoms with Gasteiger partial charge in [0.05, 0.1) is 11.3 Å². The van der Waals surface area contributed by atoms with E-state index in [0.717, 1.165) is 0 Å². The number of rotatable bonds is 7. The maximum atomic E-state index is 13.9. The van der Waals surface area contributed by atoms with Crippen molar-refractivity contribution in [1.82, 2.24) is 4.98 Å². The van der Waals surface area contributed by atoms with Crippen LogP contribution >= 0.6 is 0 Å². The number of carbonyl (C=O) groups excluding carboxylic acids is 2. The number of benzene rings is 2. The fraction of sp³-hybridized carbons (Fsp3) is 0.0952. The first-order valence-electron chi connectivity index (χ1n) is 8.84. The molecule has 0 saturated carbocycles. The Balaban J connectivity index is 1.82. The highest BCUT2D eigenvalue weighted by Gasteiger charge is 2.11. The SMILES string of the molecule is CC(=O)Nc1cccc(Nc2cc(NCc3ccccc3F)c(C(N)=O)cn2)c1. The van der Waals surface area contributed by atoms with E-state index in [0.29, 0.717) is 28.4 Å². The highest BCUT2D eigenvalue weighted by Crippen LogP contribution is 2.24. The van der Waals surface area contributed by atoms with Crippen LogP contribution in [0.25, 0.3) is 0 Å². The van der Waals surface area contributed by atoms with E-state index >= 15 is 0 Å². The highest BCUT2D eigenvalue weighted by atomic mass is 19.1. The van der Waals surface area contributed by atoms with Gasteiger partial charge in [0.2, 0.25) is 5.91 Å². The van der Waals surface area contributed by atoms with Crippen molar-refractivity contribution in [2.75, 3.05) is 16.0 Å². The first-order chi connectivity index (χ1) is 13.9. The molecule has 0 aliphatic carbocycles. The van der Waals surface area contributed by atoms with Gasteiger partial charge in [-0.2, -0.15) is 0 Å². The summed E-state index contributed by atoms with van der Waals surface area (Å²) in [5, 5.41) is 8.84. The Morgan fingerprint density at radius 1 is 1.07 bits per heavy atom. The Morgan fingerprint density at radius 2 is 1.83 bits per heavy atom. The second kappa shape index (κ2) is 8.83. The van der Waals surface area contributed by atoms with Gasteiger partial charge in [-0.25, -0.2) is 9.37 Å². The van der Waals surface area contributed by atoms with Gasteiger partial charge < -0.3 is 21.7 Å². The molecule has 0 aliphatic heterocycles. The molecule has 0 spiro atoms. The standard InChI is InChI=1S/C21H20FN5O2/c1-13(28)26-15-6-4-7-16(9-15)27-20-10-19(17(12-25-20)21(23)29)24-11-14-5-2-3-8-18(14)22/h2-10,12H,11H2,1H3,(H2,23,29)(H,26,28)(H2,24,25,27). The molecule has 8 heteroatoms. The van der Waals surface area contributed by atoms with Crippen molar-refractivity contribution >= 4 is 34.7 Å². The van der Waals surface area contributed by atoms with Gasteiger partial charge in [0.25, 0.3) is 5.91 Å². The van der Waals surface area contributed by atoms with Gasteiger partial charge in [0, 0.05) is 42.7 Å². The Morgan fingerprint density at radius 3 is 2.55 bits per heavy atom. The summed E-state index contributed by atoms with van der Waals surface area (Å²) >= 11 is 0. The summed E-state index contributed by atoms with van der Waals surface area (Å²) in [5.74, 6) is -0.715. The number of anilines is 4. The molecule has 3 rings (SSSR count). The molecule has 148 valence electrons. The van der Waals surface area contributed by atoms with Gasteiger partial charge in [-0.1, -0.05) is 24.3 Å². The molecule has 0 saturated heterocycles. The third-order valence-electron chi connectivity index (χ3n) is 4.05. The molecule has 2 amide bonds. The normalized spacial score (nSPS) is 10.3. The Bertz CT molecular complexity index is 1050. The fourth-order valence-electron chi connectivity index (χ4n) is 2.72. The minimum absolute atomic E-state index is 0.175. The molecule has 0 bridgehead atoms. The van der Waals surface area contributed by atoms with Gasteiger partial charge in [-0.3, -0.25) is 9.59 Å². The van der Waals surface area contributed by atoms with Crippen molar-refractivity contribution < 1.29 is 14.0 Å². The number of aromatic nitrogens is 1. The molecule has 29 heavy (non-hydrogen) atoms. The third kappa shape index (κ3) is 5.29. The number of pyridine rings is 1. The van der Waals surface area contributed by atoms with Gasteiger partial charge >= 0.3 is 0 Å². The maximum Gasteiger partial charge on any atom is 0.252 e. The fourth-order valence-corrected chi connectivity index (χ4v) is 2.72. The lowest BCUT2D eigenvalue weighted by Crippen LogP contribution is -2.15. The zero-order chi connectivity index (χ0) is 20.8. The Hall–Kier alpha value is -3.94. The van der Waals surface area contributed by atoms with Crippen LogP contribution < -0.4 is 21.7 Å². The Labute approximate surface area is 167 Å². The average Bonchev–Trinajstić information content (AvgIpc) is 2.67. The van der Waals surface area contributed by atoms with E-state index in [-0.39, 0.29) is 23.8 Å². The number of amides is 2. The lowest BCUT2D eigenvalue weighted by Gasteiger charge is -2.13. The van der Waals surface area contributed by atoms with E-state index in [1.54, 1.807) is 48.5 Å². The molecule has 0 atom stereocenters. The smallest absolute Gasteiger partial charge is 0.252 e. The van der Waals surface area contributed by atoms with Crippen molar-refractivity contribution in [2.24, 2.45) is 5.73 Å². The van der Waals surface area contributed by atoms with E-state index in [4.69, 9.17) is 5.73 Å². The predicted molar refractivity (Wildman–Crippen MR) is 111 cm³/mol. The topological polar surface area (TPSA) is 109 Å².